The van der Waals surface area contributed by atoms with E-state index in [1.165, 1.54) is 6.07 Å². The summed E-state index contributed by atoms with van der Waals surface area (Å²) in [6.45, 7) is 1.13. The largest absolute Gasteiger partial charge is 0.417 e. The fraction of sp³-hybridized carbons (Fsp3) is 0.222. The number of hydrogen-bond donors (Lipinski definition) is 0. The molecule has 0 N–H and O–H groups in total. The molecule has 0 aliphatic carbocycles. The molecule has 0 unspecified atom stereocenters. The molecule has 25 heavy (non-hydrogen) atoms. The van der Waals surface area contributed by atoms with Crippen LogP contribution in [0.3, 0.4) is 0 Å². The molecule has 4 nitrogen and oxygen atoms in total. The SMILES string of the molecule is CN(Cc1nccn1Cc1ccccc1)c1ccc(C(F)(F)F)cn1. The Morgan fingerprint density at radius 3 is 2.44 bits per heavy atom. The predicted molar refractivity (Wildman–Crippen MR) is 89.1 cm³/mol. The maximum Gasteiger partial charge on any atom is 0.417 e. The normalized spacial score (nSPS) is 11.5. The number of nitrogens with zero attached hydrogens (tertiary/aromatic N) is 4. The first-order valence-electron chi connectivity index (χ1n) is 7.72. The summed E-state index contributed by atoms with van der Waals surface area (Å²) in [5, 5.41) is 0. The van der Waals surface area contributed by atoms with Crippen LogP contribution in [0.4, 0.5) is 19.0 Å². The second-order valence-corrected chi connectivity index (χ2v) is 5.72. The fourth-order valence-electron chi connectivity index (χ4n) is 2.49. The Balaban J connectivity index is 1.71. The summed E-state index contributed by atoms with van der Waals surface area (Å²) in [5.41, 5.74) is 0.396. The van der Waals surface area contributed by atoms with Gasteiger partial charge in [0.1, 0.15) is 11.6 Å². The van der Waals surface area contributed by atoms with Gasteiger partial charge in [0.2, 0.25) is 0 Å². The predicted octanol–water partition coefficient (Wildman–Crippen LogP) is 3.98. The number of aromatic nitrogens is 3. The molecule has 0 aliphatic heterocycles. The molecule has 1 aromatic carbocycles. The third-order valence-corrected chi connectivity index (χ3v) is 3.84. The molecule has 0 saturated carbocycles. The van der Waals surface area contributed by atoms with Crippen LogP contribution in [0.2, 0.25) is 0 Å². The molecule has 0 aliphatic rings. The van der Waals surface area contributed by atoms with Crippen LogP contribution in [0.25, 0.3) is 0 Å². The molecule has 0 amide bonds. The van der Waals surface area contributed by atoms with E-state index in [0.29, 0.717) is 18.9 Å². The van der Waals surface area contributed by atoms with Gasteiger partial charge in [0.25, 0.3) is 0 Å². The van der Waals surface area contributed by atoms with Crippen molar-refractivity contribution in [2.45, 2.75) is 19.3 Å². The molecular formula is C18H17F3N4. The lowest BCUT2D eigenvalue weighted by molar-refractivity contribution is -0.137. The minimum Gasteiger partial charge on any atom is -0.352 e. The van der Waals surface area contributed by atoms with E-state index >= 15 is 0 Å². The highest BCUT2D eigenvalue weighted by Crippen LogP contribution is 2.29. The molecule has 0 saturated heterocycles. The molecule has 0 radical (unpaired) electrons. The lowest BCUT2D eigenvalue weighted by atomic mass is 10.2. The molecule has 0 atom stereocenters. The number of alkyl halides is 3. The van der Waals surface area contributed by atoms with Crippen molar-refractivity contribution in [3.8, 4) is 0 Å². The number of anilines is 1. The smallest absolute Gasteiger partial charge is 0.352 e. The standard InChI is InChI=1S/C18H17F3N4/c1-24(16-8-7-15(11-23-16)18(19,20)21)13-17-22-9-10-25(17)12-14-5-3-2-4-6-14/h2-11H,12-13H2,1H3. The fourth-order valence-corrected chi connectivity index (χ4v) is 2.49. The molecule has 7 heteroatoms. The van der Waals surface area contributed by atoms with Gasteiger partial charge in [0, 0.05) is 32.2 Å². The Labute approximate surface area is 143 Å². The van der Waals surface area contributed by atoms with E-state index in [-0.39, 0.29) is 0 Å². The van der Waals surface area contributed by atoms with Crippen molar-refractivity contribution >= 4 is 5.82 Å². The van der Waals surface area contributed by atoms with E-state index in [4.69, 9.17) is 0 Å². The Bertz CT molecular complexity index is 810. The van der Waals surface area contributed by atoms with Crippen LogP contribution in [0.5, 0.6) is 0 Å². The molecule has 3 aromatic rings. The summed E-state index contributed by atoms with van der Waals surface area (Å²) in [6, 6.07) is 12.4. The first-order valence-corrected chi connectivity index (χ1v) is 7.72. The van der Waals surface area contributed by atoms with Crippen molar-refractivity contribution in [1.82, 2.24) is 14.5 Å². The van der Waals surface area contributed by atoms with Crippen molar-refractivity contribution < 1.29 is 13.2 Å². The van der Waals surface area contributed by atoms with Gasteiger partial charge >= 0.3 is 6.18 Å². The van der Waals surface area contributed by atoms with Gasteiger partial charge in [-0.25, -0.2) is 9.97 Å². The lowest BCUT2D eigenvalue weighted by Gasteiger charge is -2.19. The average molecular weight is 346 g/mol. The van der Waals surface area contributed by atoms with Gasteiger partial charge in [-0.05, 0) is 17.7 Å². The molecule has 3 rings (SSSR count). The molecule has 2 heterocycles. The highest BCUT2D eigenvalue weighted by molar-refractivity contribution is 5.39. The number of rotatable bonds is 5. The van der Waals surface area contributed by atoms with Crippen molar-refractivity contribution in [3.63, 3.8) is 0 Å². The van der Waals surface area contributed by atoms with Gasteiger partial charge in [-0.15, -0.1) is 0 Å². The van der Waals surface area contributed by atoms with Gasteiger partial charge in [-0.3, -0.25) is 0 Å². The Morgan fingerprint density at radius 2 is 1.80 bits per heavy atom. The summed E-state index contributed by atoms with van der Waals surface area (Å²) in [4.78, 5) is 10.0. The van der Waals surface area contributed by atoms with E-state index in [1.807, 2.05) is 41.1 Å². The third kappa shape index (κ3) is 4.17. The second-order valence-electron chi connectivity index (χ2n) is 5.72. The summed E-state index contributed by atoms with van der Waals surface area (Å²) >= 11 is 0. The zero-order valence-electron chi connectivity index (χ0n) is 13.6. The summed E-state index contributed by atoms with van der Waals surface area (Å²) in [7, 11) is 1.77. The zero-order valence-corrected chi connectivity index (χ0v) is 13.6. The zero-order chi connectivity index (χ0) is 17.9. The maximum absolute atomic E-state index is 12.6. The number of imidazole rings is 1. The van der Waals surface area contributed by atoms with Gasteiger partial charge in [-0.1, -0.05) is 30.3 Å². The van der Waals surface area contributed by atoms with Gasteiger partial charge in [0.15, 0.2) is 0 Å². The second kappa shape index (κ2) is 6.96. The van der Waals surface area contributed by atoms with Crippen molar-refractivity contribution in [2.75, 3.05) is 11.9 Å². The third-order valence-electron chi connectivity index (χ3n) is 3.84. The van der Waals surface area contributed by atoms with Crippen LogP contribution in [-0.2, 0) is 19.3 Å². The van der Waals surface area contributed by atoms with Gasteiger partial charge in [0.05, 0.1) is 12.1 Å². The Kier molecular flexibility index (Phi) is 4.74. The minimum absolute atomic E-state index is 0.443. The first kappa shape index (κ1) is 17.0. The number of pyridine rings is 1. The molecular weight excluding hydrogens is 329 g/mol. The first-order chi connectivity index (χ1) is 11.9. The summed E-state index contributed by atoms with van der Waals surface area (Å²) in [6.07, 6.45) is 0.0704. The molecule has 2 aromatic heterocycles. The van der Waals surface area contributed by atoms with E-state index in [2.05, 4.69) is 9.97 Å². The molecule has 0 spiro atoms. The van der Waals surface area contributed by atoms with Crippen molar-refractivity contribution in [3.05, 3.63) is 78.0 Å². The van der Waals surface area contributed by atoms with E-state index in [1.54, 1.807) is 18.1 Å². The van der Waals surface area contributed by atoms with E-state index in [0.717, 1.165) is 23.7 Å². The highest BCUT2D eigenvalue weighted by Gasteiger charge is 2.30. The minimum atomic E-state index is -4.38. The average Bonchev–Trinajstić information content (AvgIpc) is 3.02. The van der Waals surface area contributed by atoms with Crippen LogP contribution in [0.1, 0.15) is 17.0 Å². The van der Waals surface area contributed by atoms with Crippen molar-refractivity contribution in [2.24, 2.45) is 0 Å². The Morgan fingerprint density at radius 1 is 1.04 bits per heavy atom. The van der Waals surface area contributed by atoms with E-state index in [9.17, 15) is 13.2 Å². The number of halogens is 3. The van der Waals surface area contributed by atoms with Crippen LogP contribution >= 0.6 is 0 Å². The maximum atomic E-state index is 12.6. The van der Waals surface area contributed by atoms with Crippen LogP contribution in [0, 0.1) is 0 Å². The summed E-state index contributed by atoms with van der Waals surface area (Å²) < 4.78 is 39.9. The Hall–Kier alpha value is -2.83. The monoisotopic (exact) mass is 346 g/mol. The van der Waals surface area contributed by atoms with Crippen LogP contribution in [-0.4, -0.2) is 21.6 Å². The van der Waals surface area contributed by atoms with Crippen LogP contribution < -0.4 is 4.90 Å². The van der Waals surface area contributed by atoms with Gasteiger partial charge < -0.3 is 9.47 Å². The quantitative estimate of drug-likeness (QED) is 0.701. The topological polar surface area (TPSA) is 34.0 Å². The van der Waals surface area contributed by atoms with Crippen LogP contribution in [0.15, 0.2) is 61.1 Å². The molecule has 0 fully saturated rings. The van der Waals surface area contributed by atoms with E-state index < -0.39 is 11.7 Å². The highest BCUT2D eigenvalue weighted by atomic mass is 19.4. The summed E-state index contributed by atoms with van der Waals surface area (Å²) in [5.74, 6) is 1.27. The molecule has 0 bridgehead atoms. The lowest BCUT2D eigenvalue weighted by Crippen LogP contribution is -2.21. The number of hydrogen-bond acceptors (Lipinski definition) is 3. The van der Waals surface area contributed by atoms with Crippen molar-refractivity contribution in [1.29, 1.82) is 0 Å². The molecule has 130 valence electrons. The van der Waals surface area contributed by atoms with Gasteiger partial charge in [-0.2, -0.15) is 13.2 Å². The number of benzene rings is 1.